The van der Waals surface area contributed by atoms with E-state index in [2.05, 4.69) is 13.8 Å². The monoisotopic (exact) mass is 848 g/mol. The maximum atomic E-state index is 13.1. The fraction of sp³-hybridized carbons (Fsp3) is 0.320. The van der Waals surface area contributed by atoms with Gasteiger partial charge in [0.1, 0.15) is 34.5 Å². The summed E-state index contributed by atoms with van der Waals surface area (Å²) in [6.07, 6.45) is 14.1. The van der Waals surface area contributed by atoms with Gasteiger partial charge in [-0.05, 0) is 128 Å². The molecule has 0 saturated carbocycles. The van der Waals surface area contributed by atoms with Gasteiger partial charge in [0, 0.05) is 0 Å². The number of unbranched alkanes of at least 4 members (excludes halogenated alkanes) is 10. The predicted molar refractivity (Wildman–Crippen MR) is 235 cm³/mol. The molecule has 61 heavy (non-hydrogen) atoms. The van der Waals surface area contributed by atoms with Gasteiger partial charge in [0.05, 0.1) is 40.5 Å². The Bertz CT molecular complexity index is 2150. The third-order valence-electron chi connectivity index (χ3n) is 9.63. The number of carbonyl (C=O) groups is 4. The van der Waals surface area contributed by atoms with E-state index in [9.17, 15) is 19.2 Å². The van der Waals surface area contributed by atoms with Crippen molar-refractivity contribution < 1.29 is 47.6 Å². The van der Waals surface area contributed by atoms with Crippen LogP contribution in [-0.2, 0) is 0 Å². The lowest BCUT2D eigenvalue weighted by molar-refractivity contribution is 0.0712. The van der Waals surface area contributed by atoms with Gasteiger partial charge < -0.3 is 28.4 Å². The van der Waals surface area contributed by atoms with E-state index < -0.39 is 23.9 Å². The molecule has 0 aliphatic heterocycles. The van der Waals surface area contributed by atoms with Crippen molar-refractivity contribution in [2.24, 2.45) is 0 Å². The van der Waals surface area contributed by atoms with Gasteiger partial charge >= 0.3 is 23.9 Å². The third-order valence-corrected chi connectivity index (χ3v) is 9.96. The highest BCUT2D eigenvalue weighted by atomic mass is 35.5. The van der Waals surface area contributed by atoms with Crippen molar-refractivity contribution in [1.29, 1.82) is 0 Å². The van der Waals surface area contributed by atoms with E-state index in [1.54, 1.807) is 48.5 Å². The Morgan fingerprint density at radius 3 is 1.11 bits per heavy atom. The van der Waals surface area contributed by atoms with Crippen LogP contribution in [0.5, 0.6) is 34.5 Å². The summed E-state index contributed by atoms with van der Waals surface area (Å²) in [4.78, 5) is 51.6. The minimum Gasteiger partial charge on any atom is -0.494 e. The Labute approximate surface area is 363 Å². The zero-order chi connectivity index (χ0) is 43.2. The van der Waals surface area contributed by atoms with Crippen LogP contribution in [0.15, 0.2) is 115 Å². The highest BCUT2D eigenvalue weighted by Gasteiger charge is 2.18. The van der Waals surface area contributed by atoms with Crippen molar-refractivity contribution in [1.82, 2.24) is 0 Å². The maximum Gasteiger partial charge on any atom is 0.345 e. The average Bonchev–Trinajstić information content (AvgIpc) is 3.27. The molecular weight excluding hydrogens is 796 g/mol. The number of carbonyl (C=O) groups excluding carboxylic acids is 4. The minimum absolute atomic E-state index is 0.0467. The van der Waals surface area contributed by atoms with Crippen LogP contribution in [0.25, 0.3) is 0 Å². The molecule has 0 N–H and O–H groups in total. The molecule has 0 saturated heterocycles. The Kier molecular flexibility index (Phi) is 18.7. The van der Waals surface area contributed by atoms with Crippen molar-refractivity contribution in [2.45, 2.75) is 90.9 Å². The smallest absolute Gasteiger partial charge is 0.345 e. The van der Waals surface area contributed by atoms with Crippen LogP contribution in [0.3, 0.4) is 0 Å². The van der Waals surface area contributed by atoms with Gasteiger partial charge in [-0.15, -0.1) is 0 Å². The predicted octanol–water partition coefficient (Wildman–Crippen LogP) is 12.7. The molecule has 5 aromatic rings. The van der Waals surface area contributed by atoms with Crippen molar-refractivity contribution in [2.75, 3.05) is 13.2 Å². The van der Waals surface area contributed by atoms with Crippen LogP contribution in [0.2, 0.25) is 5.02 Å². The van der Waals surface area contributed by atoms with Crippen LogP contribution in [0.4, 0.5) is 0 Å². The lowest BCUT2D eigenvalue weighted by Crippen LogP contribution is -2.12. The molecule has 10 nitrogen and oxygen atoms in total. The molecule has 0 aliphatic carbocycles. The summed E-state index contributed by atoms with van der Waals surface area (Å²) in [5.74, 6) is -0.475. The molecule has 0 spiro atoms. The van der Waals surface area contributed by atoms with Crippen molar-refractivity contribution in [3.63, 3.8) is 0 Å². The first kappa shape index (κ1) is 45.9. The topological polar surface area (TPSA) is 124 Å². The van der Waals surface area contributed by atoms with E-state index >= 15 is 0 Å². The van der Waals surface area contributed by atoms with E-state index in [1.807, 2.05) is 0 Å². The van der Waals surface area contributed by atoms with Gasteiger partial charge in [-0.1, -0.05) is 89.7 Å². The van der Waals surface area contributed by atoms with Gasteiger partial charge in [-0.3, -0.25) is 0 Å². The van der Waals surface area contributed by atoms with E-state index in [0.717, 1.165) is 25.7 Å². The zero-order valence-corrected chi connectivity index (χ0v) is 35.6. The maximum absolute atomic E-state index is 13.1. The summed E-state index contributed by atoms with van der Waals surface area (Å²) in [7, 11) is 0. The summed E-state index contributed by atoms with van der Waals surface area (Å²) in [5.41, 5.74) is 0.728. The van der Waals surface area contributed by atoms with Crippen LogP contribution in [-0.4, -0.2) is 37.1 Å². The molecule has 0 aromatic heterocycles. The first-order chi connectivity index (χ1) is 29.7. The summed E-state index contributed by atoms with van der Waals surface area (Å²) >= 11 is 6.31. The second-order valence-electron chi connectivity index (χ2n) is 14.5. The SMILES string of the molecule is CCCCCCCCOc1ccc(OC(=O)c2ccc(OC(=O)c3cc(OC(=O)c4ccc(OC(=O)c5ccc(OCCCCCCCC)cc5)cc4)ccc3Cl)cc2)cc1. The molecule has 0 fully saturated rings. The third kappa shape index (κ3) is 15.4. The summed E-state index contributed by atoms with van der Waals surface area (Å²) in [5, 5.41) is 0.0744. The van der Waals surface area contributed by atoms with Gasteiger partial charge in [-0.2, -0.15) is 0 Å². The van der Waals surface area contributed by atoms with E-state index in [-0.39, 0.29) is 39.0 Å². The lowest BCUT2D eigenvalue weighted by Gasteiger charge is -2.10. The molecule has 5 aromatic carbocycles. The van der Waals surface area contributed by atoms with Gasteiger partial charge in [-0.25, -0.2) is 19.2 Å². The standard InChI is InChI=1S/C50H53ClO10/c1-3-5-7-9-11-13-33-56-39-21-15-36(16-22-39)47(52)58-41-23-17-38(18-24-41)49(54)61-44-31-32-46(51)45(35-44)50(55)60-42-25-19-37(20-26-42)48(53)59-43-29-27-40(28-30-43)57-34-14-12-10-8-6-4-2/h15-32,35H,3-14,33-34H2,1-2H3. The molecule has 5 rings (SSSR count). The number of hydrogen-bond donors (Lipinski definition) is 0. The molecular formula is C50H53ClO10. The molecule has 0 amide bonds. The molecule has 0 aliphatic rings. The number of benzene rings is 5. The molecule has 11 heteroatoms. The molecule has 320 valence electrons. The highest BCUT2D eigenvalue weighted by molar-refractivity contribution is 6.33. The quantitative estimate of drug-likeness (QED) is 0.0337. The Morgan fingerprint density at radius 1 is 0.377 bits per heavy atom. The Hall–Kier alpha value is -6.13. The number of esters is 4. The van der Waals surface area contributed by atoms with Crippen molar-refractivity contribution in [3.05, 3.63) is 143 Å². The summed E-state index contributed by atoms with van der Waals surface area (Å²) in [6, 6.07) is 29.5. The van der Waals surface area contributed by atoms with Crippen molar-refractivity contribution in [3.8, 4) is 34.5 Å². The fourth-order valence-corrected chi connectivity index (χ4v) is 6.33. The van der Waals surface area contributed by atoms with Crippen LogP contribution >= 0.6 is 11.6 Å². The van der Waals surface area contributed by atoms with Crippen molar-refractivity contribution >= 4 is 35.5 Å². The number of hydrogen-bond acceptors (Lipinski definition) is 10. The first-order valence-corrected chi connectivity index (χ1v) is 21.4. The molecule has 0 heterocycles. The van der Waals surface area contributed by atoms with Crippen LogP contribution < -0.4 is 28.4 Å². The molecule has 0 bridgehead atoms. The highest BCUT2D eigenvalue weighted by Crippen LogP contribution is 2.26. The van der Waals surface area contributed by atoms with Gasteiger partial charge in [0.2, 0.25) is 0 Å². The zero-order valence-electron chi connectivity index (χ0n) is 34.8. The number of halogens is 1. The summed E-state index contributed by atoms with van der Waals surface area (Å²) in [6.45, 7) is 5.66. The molecule has 0 radical (unpaired) electrons. The normalized spacial score (nSPS) is 10.7. The minimum atomic E-state index is -0.807. The second-order valence-corrected chi connectivity index (χ2v) is 14.9. The second kappa shape index (κ2) is 24.8. The van der Waals surface area contributed by atoms with E-state index in [4.69, 9.17) is 40.0 Å². The van der Waals surface area contributed by atoms with Crippen LogP contribution in [0.1, 0.15) is 132 Å². The van der Waals surface area contributed by atoms with E-state index in [0.29, 0.717) is 36.0 Å². The van der Waals surface area contributed by atoms with E-state index in [1.165, 1.54) is 118 Å². The van der Waals surface area contributed by atoms with Gasteiger partial charge in [0.15, 0.2) is 0 Å². The number of ether oxygens (including phenoxy) is 6. The van der Waals surface area contributed by atoms with Crippen LogP contribution in [0, 0.1) is 0 Å². The Balaban J connectivity index is 1.06. The largest absolute Gasteiger partial charge is 0.494 e. The lowest BCUT2D eigenvalue weighted by atomic mass is 10.1. The molecule has 0 unspecified atom stereocenters. The molecule has 0 atom stereocenters. The van der Waals surface area contributed by atoms with Gasteiger partial charge in [0.25, 0.3) is 0 Å². The number of rotatable bonds is 24. The first-order valence-electron chi connectivity index (χ1n) is 21.1. The summed E-state index contributed by atoms with van der Waals surface area (Å²) < 4.78 is 33.6. The Morgan fingerprint density at radius 2 is 0.689 bits per heavy atom. The average molecular weight is 849 g/mol. The fourth-order valence-electron chi connectivity index (χ4n) is 6.14.